The number of hydrogen-bond acceptors (Lipinski definition) is 6. The molecule has 2 saturated heterocycles. The van der Waals surface area contributed by atoms with Gasteiger partial charge in [0.15, 0.2) is 0 Å². The number of carbonyl (C=O) groups excluding carboxylic acids is 1. The van der Waals surface area contributed by atoms with Gasteiger partial charge in [-0.15, -0.1) is 11.3 Å². The summed E-state index contributed by atoms with van der Waals surface area (Å²) in [5.74, 6) is 0.692. The van der Waals surface area contributed by atoms with Gasteiger partial charge in [-0.05, 0) is 30.2 Å². The lowest BCUT2D eigenvalue weighted by Crippen LogP contribution is -2.49. The summed E-state index contributed by atoms with van der Waals surface area (Å²) in [6.45, 7) is 5.69. The molecule has 1 saturated carbocycles. The summed E-state index contributed by atoms with van der Waals surface area (Å²) < 4.78 is 32.5. The monoisotopic (exact) mass is 399 g/mol. The highest BCUT2D eigenvalue weighted by Crippen LogP contribution is 2.30. The van der Waals surface area contributed by atoms with Gasteiger partial charge >= 0.3 is 0 Å². The summed E-state index contributed by atoms with van der Waals surface area (Å²) in [6, 6.07) is 1.56. The minimum atomic E-state index is -3.65. The van der Waals surface area contributed by atoms with Gasteiger partial charge < -0.3 is 9.64 Å². The molecule has 1 amide bonds. The summed E-state index contributed by atoms with van der Waals surface area (Å²) in [7, 11) is -3.65. The first-order valence-electron chi connectivity index (χ1n) is 9.23. The average Bonchev–Trinajstić information content (AvgIpc) is 3.33. The highest BCUT2D eigenvalue weighted by atomic mass is 32.2. The smallest absolute Gasteiger partial charge is 0.265 e. The van der Waals surface area contributed by atoms with E-state index in [0.717, 1.165) is 25.6 Å². The van der Waals surface area contributed by atoms with Crippen molar-refractivity contribution in [3.05, 3.63) is 16.3 Å². The minimum absolute atomic E-state index is 0.148. The van der Waals surface area contributed by atoms with Crippen LogP contribution in [0.25, 0.3) is 0 Å². The van der Waals surface area contributed by atoms with Crippen LogP contribution in [0.1, 0.15) is 22.5 Å². The average molecular weight is 400 g/mol. The second kappa shape index (κ2) is 7.55. The van der Waals surface area contributed by atoms with Gasteiger partial charge in [-0.3, -0.25) is 9.69 Å². The lowest BCUT2D eigenvalue weighted by Gasteiger charge is -2.34. The number of morpholine rings is 1. The lowest BCUT2D eigenvalue weighted by atomic mass is 10.2. The summed E-state index contributed by atoms with van der Waals surface area (Å²) in [5, 5.41) is 1.70. The van der Waals surface area contributed by atoms with Crippen molar-refractivity contribution < 1.29 is 17.9 Å². The molecule has 3 aliphatic rings. The Morgan fingerprint density at radius 3 is 2.46 bits per heavy atom. The highest BCUT2D eigenvalue weighted by Gasteiger charge is 2.34. The molecule has 1 aromatic rings. The topological polar surface area (TPSA) is 70.2 Å². The van der Waals surface area contributed by atoms with Crippen molar-refractivity contribution in [1.29, 1.82) is 0 Å². The normalized spacial score (nSPS) is 23.3. The molecule has 0 radical (unpaired) electrons. The standard InChI is InChI=1S/C17H25N3O4S2/c21-17(19-6-4-18(5-7-19)13-14-1-2-14)16-15(3-12-25-16)26(22,23)20-8-10-24-11-9-20/h3,12,14H,1-2,4-11,13H2. The van der Waals surface area contributed by atoms with Crippen molar-refractivity contribution in [2.24, 2.45) is 5.92 Å². The zero-order chi connectivity index (χ0) is 18.1. The van der Waals surface area contributed by atoms with E-state index in [2.05, 4.69) is 4.90 Å². The molecule has 0 atom stereocenters. The summed E-state index contributed by atoms with van der Waals surface area (Å²) >= 11 is 1.22. The van der Waals surface area contributed by atoms with E-state index < -0.39 is 10.0 Å². The quantitative estimate of drug-likeness (QED) is 0.737. The lowest BCUT2D eigenvalue weighted by molar-refractivity contribution is 0.0632. The Morgan fingerprint density at radius 1 is 1.12 bits per heavy atom. The van der Waals surface area contributed by atoms with Crippen molar-refractivity contribution in [3.63, 3.8) is 0 Å². The number of amides is 1. The number of thiophene rings is 1. The molecule has 9 heteroatoms. The highest BCUT2D eigenvalue weighted by molar-refractivity contribution is 7.89. The SMILES string of the molecule is O=C(c1sccc1S(=O)(=O)N1CCOCC1)N1CCN(CC2CC2)CC1. The fourth-order valence-electron chi connectivity index (χ4n) is 3.53. The second-order valence-corrected chi connectivity index (χ2v) is 9.99. The van der Waals surface area contributed by atoms with E-state index in [-0.39, 0.29) is 10.8 Å². The molecule has 144 valence electrons. The first kappa shape index (κ1) is 18.4. The predicted octanol–water partition coefficient (Wildman–Crippen LogP) is 0.937. The molecule has 4 rings (SSSR count). The Labute approximate surface area is 158 Å². The Balaban J connectivity index is 1.45. The zero-order valence-corrected chi connectivity index (χ0v) is 16.4. The van der Waals surface area contributed by atoms with Crippen LogP contribution in [0.3, 0.4) is 0 Å². The van der Waals surface area contributed by atoms with Crippen LogP contribution >= 0.6 is 11.3 Å². The molecule has 0 N–H and O–H groups in total. The predicted molar refractivity (Wildman–Crippen MR) is 99.0 cm³/mol. The van der Waals surface area contributed by atoms with Crippen molar-refractivity contribution in [3.8, 4) is 0 Å². The molecule has 1 aliphatic carbocycles. The molecule has 2 aliphatic heterocycles. The molecule has 0 bridgehead atoms. The number of ether oxygens (including phenoxy) is 1. The van der Waals surface area contributed by atoms with Crippen molar-refractivity contribution in [1.82, 2.24) is 14.1 Å². The summed E-state index contributed by atoms with van der Waals surface area (Å²) in [6.07, 6.45) is 2.66. The molecular weight excluding hydrogens is 374 g/mol. The molecule has 0 spiro atoms. The molecule has 7 nitrogen and oxygen atoms in total. The van der Waals surface area contributed by atoms with E-state index in [1.807, 2.05) is 0 Å². The van der Waals surface area contributed by atoms with Gasteiger partial charge in [0.05, 0.1) is 13.2 Å². The molecule has 0 unspecified atom stereocenters. The van der Waals surface area contributed by atoms with E-state index in [1.54, 1.807) is 16.3 Å². The van der Waals surface area contributed by atoms with Crippen LogP contribution in [0.15, 0.2) is 16.3 Å². The minimum Gasteiger partial charge on any atom is -0.379 e. The Morgan fingerprint density at radius 2 is 1.81 bits per heavy atom. The molecular formula is C17H25N3O4S2. The fraction of sp³-hybridized carbons (Fsp3) is 0.706. The molecule has 3 heterocycles. The van der Waals surface area contributed by atoms with E-state index in [0.29, 0.717) is 44.3 Å². The molecule has 26 heavy (non-hydrogen) atoms. The van der Waals surface area contributed by atoms with Crippen LogP contribution < -0.4 is 0 Å². The fourth-order valence-corrected chi connectivity index (χ4v) is 6.30. The van der Waals surface area contributed by atoms with Crippen LogP contribution in [0.2, 0.25) is 0 Å². The zero-order valence-electron chi connectivity index (χ0n) is 14.8. The van der Waals surface area contributed by atoms with E-state index in [4.69, 9.17) is 4.74 Å². The Bertz CT molecular complexity index is 746. The van der Waals surface area contributed by atoms with Gasteiger partial charge in [0, 0.05) is 45.8 Å². The number of carbonyl (C=O) groups is 1. The Hall–Kier alpha value is -1.00. The third-order valence-corrected chi connectivity index (χ3v) is 8.26. The van der Waals surface area contributed by atoms with Gasteiger partial charge in [0.25, 0.3) is 5.91 Å². The third kappa shape index (κ3) is 3.82. The van der Waals surface area contributed by atoms with Crippen LogP contribution in [0, 0.1) is 5.92 Å². The van der Waals surface area contributed by atoms with Crippen LogP contribution in [-0.4, -0.2) is 87.5 Å². The number of hydrogen-bond donors (Lipinski definition) is 0. The molecule has 1 aromatic heterocycles. The number of nitrogens with zero attached hydrogens (tertiary/aromatic N) is 3. The van der Waals surface area contributed by atoms with Crippen molar-refractivity contribution >= 4 is 27.3 Å². The van der Waals surface area contributed by atoms with Gasteiger partial charge in [-0.25, -0.2) is 8.42 Å². The van der Waals surface area contributed by atoms with Gasteiger partial charge in [-0.1, -0.05) is 0 Å². The van der Waals surface area contributed by atoms with Crippen LogP contribution in [-0.2, 0) is 14.8 Å². The van der Waals surface area contributed by atoms with E-state index in [9.17, 15) is 13.2 Å². The van der Waals surface area contributed by atoms with Gasteiger partial charge in [0.2, 0.25) is 10.0 Å². The third-order valence-electron chi connectivity index (χ3n) is 5.28. The van der Waals surface area contributed by atoms with Crippen LogP contribution in [0.4, 0.5) is 0 Å². The van der Waals surface area contributed by atoms with Crippen LogP contribution in [0.5, 0.6) is 0 Å². The maximum absolute atomic E-state index is 13.0. The first-order valence-corrected chi connectivity index (χ1v) is 11.5. The number of piperazine rings is 1. The first-order chi connectivity index (χ1) is 12.6. The summed E-state index contributed by atoms with van der Waals surface area (Å²) in [4.78, 5) is 17.7. The Kier molecular flexibility index (Phi) is 5.34. The maximum Gasteiger partial charge on any atom is 0.265 e. The van der Waals surface area contributed by atoms with Crippen molar-refractivity contribution in [2.45, 2.75) is 17.7 Å². The van der Waals surface area contributed by atoms with E-state index in [1.165, 1.54) is 28.5 Å². The second-order valence-electron chi connectivity index (χ2n) is 7.17. The molecule has 3 fully saturated rings. The van der Waals surface area contributed by atoms with Gasteiger partial charge in [0.1, 0.15) is 9.77 Å². The van der Waals surface area contributed by atoms with Crippen molar-refractivity contribution in [2.75, 3.05) is 59.0 Å². The van der Waals surface area contributed by atoms with E-state index >= 15 is 0 Å². The number of rotatable bonds is 5. The largest absolute Gasteiger partial charge is 0.379 e. The summed E-state index contributed by atoms with van der Waals surface area (Å²) in [5.41, 5.74) is 0. The maximum atomic E-state index is 13.0. The number of sulfonamides is 1. The van der Waals surface area contributed by atoms with Gasteiger partial charge in [-0.2, -0.15) is 4.31 Å². The molecule has 0 aromatic carbocycles.